The van der Waals surface area contributed by atoms with E-state index >= 15 is 0 Å². The fourth-order valence-corrected chi connectivity index (χ4v) is 2.55. The molecule has 0 saturated carbocycles. The zero-order chi connectivity index (χ0) is 15.4. The topological polar surface area (TPSA) is 71.0 Å². The summed E-state index contributed by atoms with van der Waals surface area (Å²) in [7, 11) is 3.97. The van der Waals surface area contributed by atoms with Crippen molar-refractivity contribution in [2.45, 2.75) is 19.9 Å². The highest BCUT2D eigenvalue weighted by Gasteiger charge is 2.18. The highest BCUT2D eigenvalue weighted by molar-refractivity contribution is 7.17. The van der Waals surface area contributed by atoms with Crippen LogP contribution in [-0.4, -0.2) is 52.4 Å². The van der Waals surface area contributed by atoms with Gasteiger partial charge in [-0.2, -0.15) is 0 Å². The first-order valence-corrected chi connectivity index (χ1v) is 7.50. The smallest absolute Gasteiger partial charge is 0.263 e. The van der Waals surface area contributed by atoms with Gasteiger partial charge in [0.15, 0.2) is 10.8 Å². The van der Waals surface area contributed by atoms with Crippen LogP contribution in [0.3, 0.4) is 0 Å². The van der Waals surface area contributed by atoms with Crippen LogP contribution in [0, 0.1) is 6.92 Å². The molecule has 0 fully saturated rings. The van der Waals surface area contributed by atoms with Crippen molar-refractivity contribution < 1.29 is 4.79 Å². The van der Waals surface area contributed by atoms with E-state index in [0.717, 1.165) is 0 Å². The Hall–Kier alpha value is -1.86. The van der Waals surface area contributed by atoms with Crippen molar-refractivity contribution in [2.75, 3.05) is 20.6 Å². The van der Waals surface area contributed by atoms with Crippen LogP contribution in [0.2, 0.25) is 0 Å². The Kier molecular flexibility index (Phi) is 4.98. The zero-order valence-electron chi connectivity index (χ0n) is 12.6. The summed E-state index contributed by atoms with van der Waals surface area (Å²) in [6.45, 7) is 4.48. The molecule has 21 heavy (non-hydrogen) atoms. The Morgan fingerprint density at radius 1 is 1.38 bits per heavy atom. The van der Waals surface area contributed by atoms with Crippen LogP contribution in [0.15, 0.2) is 18.5 Å². The Balaban J connectivity index is 2.10. The molecule has 1 atom stereocenters. The van der Waals surface area contributed by atoms with Crippen molar-refractivity contribution in [1.82, 2.24) is 25.2 Å². The summed E-state index contributed by atoms with van der Waals surface area (Å²) in [4.78, 5) is 27.6. The molecule has 0 aliphatic rings. The highest BCUT2D eigenvalue weighted by Crippen LogP contribution is 2.24. The number of carbonyl (C=O) groups excluding carboxylic acids is 1. The highest BCUT2D eigenvalue weighted by atomic mass is 32.1. The number of carbonyl (C=O) groups is 1. The van der Waals surface area contributed by atoms with Gasteiger partial charge in [-0.15, -0.1) is 11.3 Å². The fourth-order valence-electron chi connectivity index (χ4n) is 1.62. The summed E-state index contributed by atoms with van der Waals surface area (Å²) in [6.07, 6.45) is 3.33. The van der Waals surface area contributed by atoms with Crippen LogP contribution in [-0.2, 0) is 0 Å². The molecule has 6 nitrogen and oxygen atoms in total. The van der Waals surface area contributed by atoms with Crippen LogP contribution >= 0.6 is 11.3 Å². The molecule has 0 unspecified atom stereocenters. The predicted octanol–water partition coefficient (Wildman–Crippen LogP) is 1.59. The standard InChI is InChI=1S/C14H19N5OS/c1-9(19(3)4)8-17-13(20)11-10(2)18-14(21-11)12-15-6-5-7-16-12/h5-7,9H,8H2,1-4H3,(H,17,20)/t9-/m1/s1. The number of likely N-dealkylation sites (N-methyl/N-ethyl adjacent to an activating group) is 1. The number of nitrogens with zero attached hydrogens (tertiary/aromatic N) is 4. The number of rotatable bonds is 5. The van der Waals surface area contributed by atoms with Crippen molar-refractivity contribution >= 4 is 17.2 Å². The number of aromatic nitrogens is 3. The molecule has 0 aliphatic heterocycles. The average molecular weight is 305 g/mol. The fraction of sp³-hybridized carbons (Fsp3) is 0.429. The van der Waals surface area contributed by atoms with Crippen LogP contribution in [0.5, 0.6) is 0 Å². The maximum atomic E-state index is 12.2. The van der Waals surface area contributed by atoms with Gasteiger partial charge in [0.2, 0.25) is 0 Å². The van der Waals surface area contributed by atoms with Gasteiger partial charge in [-0.05, 0) is 34.0 Å². The second kappa shape index (κ2) is 6.73. The first kappa shape index (κ1) is 15.5. The maximum Gasteiger partial charge on any atom is 0.263 e. The Morgan fingerprint density at radius 3 is 2.67 bits per heavy atom. The first-order chi connectivity index (χ1) is 9.99. The lowest BCUT2D eigenvalue weighted by atomic mass is 10.3. The number of amides is 1. The number of thiazole rings is 1. The van der Waals surface area contributed by atoms with Gasteiger partial charge in [-0.1, -0.05) is 0 Å². The summed E-state index contributed by atoms with van der Waals surface area (Å²) in [6, 6.07) is 2.03. The summed E-state index contributed by atoms with van der Waals surface area (Å²) in [5.74, 6) is 0.451. The summed E-state index contributed by atoms with van der Waals surface area (Å²) in [5, 5.41) is 3.60. The van der Waals surface area contributed by atoms with E-state index < -0.39 is 0 Å². The molecular weight excluding hydrogens is 286 g/mol. The van der Waals surface area contributed by atoms with Crippen molar-refractivity contribution in [1.29, 1.82) is 0 Å². The van der Waals surface area contributed by atoms with Gasteiger partial charge in [0.05, 0.1) is 5.69 Å². The van der Waals surface area contributed by atoms with E-state index in [1.807, 2.05) is 21.0 Å². The van der Waals surface area contributed by atoms with Crippen LogP contribution < -0.4 is 5.32 Å². The van der Waals surface area contributed by atoms with E-state index in [0.29, 0.717) is 27.9 Å². The molecule has 1 amide bonds. The molecule has 2 heterocycles. The van der Waals surface area contributed by atoms with Crippen molar-refractivity contribution in [3.63, 3.8) is 0 Å². The van der Waals surface area contributed by atoms with Crippen LogP contribution in [0.1, 0.15) is 22.3 Å². The minimum atomic E-state index is -0.0964. The molecule has 0 aliphatic carbocycles. The lowest BCUT2D eigenvalue weighted by molar-refractivity contribution is 0.0947. The molecule has 0 radical (unpaired) electrons. The molecule has 2 rings (SSSR count). The van der Waals surface area contributed by atoms with Crippen molar-refractivity contribution in [3.8, 4) is 10.8 Å². The second-order valence-corrected chi connectivity index (χ2v) is 6.03. The molecule has 2 aromatic rings. The van der Waals surface area contributed by atoms with Gasteiger partial charge < -0.3 is 10.2 Å². The van der Waals surface area contributed by atoms with Crippen molar-refractivity contribution in [2.24, 2.45) is 0 Å². The Bertz CT molecular complexity index is 611. The normalized spacial score (nSPS) is 12.4. The zero-order valence-corrected chi connectivity index (χ0v) is 13.4. The molecule has 0 bridgehead atoms. The number of hydrogen-bond donors (Lipinski definition) is 1. The van der Waals surface area contributed by atoms with E-state index in [9.17, 15) is 4.79 Å². The van der Waals surface area contributed by atoms with Crippen LogP contribution in [0.25, 0.3) is 10.8 Å². The lowest BCUT2D eigenvalue weighted by Crippen LogP contribution is -2.38. The van der Waals surface area contributed by atoms with Crippen LogP contribution in [0.4, 0.5) is 0 Å². The molecule has 0 aromatic carbocycles. The number of nitrogens with one attached hydrogen (secondary N) is 1. The summed E-state index contributed by atoms with van der Waals surface area (Å²) < 4.78 is 0. The number of aryl methyl sites for hydroxylation is 1. The molecular formula is C14H19N5OS. The van der Waals surface area contributed by atoms with E-state index in [2.05, 4.69) is 32.1 Å². The van der Waals surface area contributed by atoms with E-state index in [1.165, 1.54) is 11.3 Å². The number of hydrogen-bond acceptors (Lipinski definition) is 6. The molecule has 7 heteroatoms. The van der Waals surface area contributed by atoms with Gasteiger partial charge in [-0.3, -0.25) is 4.79 Å². The molecule has 0 saturated heterocycles. The molecule has 112 valence electrons. The monoisotopic (exact) mass is 305 g/mol. The average Bonchev–Trinajstić information content (AvgIpc) is 2.87. The third-order valence-corrected chi connectivity index (χ3v) is 4.35. The van der Waals surface area contributed by atoms with E-state index in [4.69, 9.17) is 0 Å². The van der Waals surface area contributed by atoms with E-state index in [1.54, 1.807) is 18.5 Å². The lowest BCUT2D eigenvalue weighted by Gasteiger charge is -2.19. The molecule has 1 N–H and O–H groups in total. The molecule has 0 spiro atoms. The largest absolute Gasteiger partial charge is 0.350 e. The third kappa shape index (κ3) is 3.83. The van der Waals surface area contributed by atoms with Gasteiger partial charge in [0.25, 0.3) is 5.91 Å². The third-order valence-electron chi connectivity index (χ3n) is 3.20. The quantitative estimate of drug-likeness (QED) is 0.908. The summed E-state index contributed by atoms with van der Waals surface area (Å²) in [5.41, 5.74) is 0.706. The Labute approximate surface area is 128 Å². The van der Waals surface area contributed by atoms with Gasteiger partial charge in [0, 0.05) is 25.0 Å². The molecule has 2 aromatic heterocycles. The van der Waals surface area contributed by atoms with E-state index in [-0.39, 0.29) is 11.9 Å². The van der Waals surface area contributed by atoms with Gasteiger partial charge in [-0.25, -0.2) is 15.0 Å². The minimum Gasteiger partial charge on any atom is -0.350 e. The predicted molar refractivity (Wildman–Crippen MR) is 83.4 cm³/mol. The van der Waals surface area contributed by atoms with Gasteiger partial charge >= 0.3 is 0 Å². The maximum absolute atomic E-state index is 12.2. The first-order valence-electron chi connectivity index (χ1n) is 6.68. The second-order valence-electron chi connectivity index (χ2n) is 5.03. The SMILES string of the molecule is Cc1nc(-c2ncccn2)sc1C(=O)NC[C@@H](C)N(C)C. The Morgan fingerprint density at radius 2 is 2.05 bits per heavy atom. The minimum absolute atomic E-state index is 0.0964. The van der Waals surface area contributed by atoms with Crippen molar-refractivity contribution in [3.05, 3.63) is 29.0 Å². The summed E-state index contributed by atoms with van der Waals surface area (Å²) >= 11 is 1.32. The van der Waals surface area contributed by atoms with Gasteiger partial charge in [0.1, 0.15) is 4.88 Å².